The monoisotopic (exact) mass is 914 g/mol. The van der Waals surface area contributed by atoms with Crippen LogP contribution in [0.2, 0.25) is 0 Å². The summed E-state index contributed by atoms with van der Waals surface area (Å²) in [6.45, 7) is 7.77. The Morgan fingerprint density at radius 1 is 0.469 bits per heavy atom. The summed E-state index contributed by atoms with van der Waals surface area (Å²) in [5.41, 5.74) is 1.22. The van der Waals surface area contributed by atoms with Crippen molar-refractivity contribution in [3.8, 4) is 0 Å². The minimum absolute atomic E-state index is 0.0566. The molecule has 4 aromatic carbocycles. The van der Waals surface area contributed by atoms with E-state index < -0.39 is 30.0 Å². The maximum absolute atomic E-state index is 12.6. The summed E-state index contributed by atoms with van der Waals surface area (Å²) in [6.07, 6.45) is 2.37. The van der Waals surface area contributed by atoms with Crippen molar-refractivity contribution in [2.75, 3.05) is 58.1 Å². The van der Waals surface area contributed by atoms with Crippen LogP contribution in [0.3, 0.4) is 0 Å². The van der Waals surface area contributed by atoms with Crippen molar-refractivity contribution in [2.24, 2.45) is 0 Å². The minimum Gasteiger partial charge on any atom is -0.744 e. The van der Waals surface area contributed by atoms with Crippen LogP contribution in [0.5, 0.6) is 0 Å². The van der Waals surface area contributed by atoms with Gasteiger partial charge in [0.2, 0.25) is 23.8 Å². The van der Waals surface area contributed by atoms with E-state index >= 15 is 0 Å². The van der Waals surface area contributed by atoms with E-state index in [9.17, 15) is 25.9 Å². The summed E-state index contributed by atoms with van der Waals surface area (Å²) < 4.78 is 75.7. The van der Waals surface area contributed by atoms with Gasteiger partial charge in [-0.15, -0.1) is 0 Å². The quantitative estimate of drug-likeness (QED) is 0.0324. The second-order valence-corrected chi connectivity index (χ2v) is 15.4. The van der Waals surface area contributed by atoms with Gasteiger partial charge in [0.1, 0.15) is 20.2 Å². The van der Waals surface area contributed by atoms with Gasteiger partial charge in [0.15, 0.2) is 0 Å². The summed E-state index contributed by atoms with van der Waals surface area (Å²) in [7, 11) is -10.3. The fourth-order valence-electron chi connectivity index (χ4n) is 5.56. The molecule has 0 saturated heterocycles. The van der Waals surface area contributed by atoms with E-state index in [0.717, 1.165) is 22.6 Å². The third kappa shape index (κ3) is 12.8. The van der Waals surface area contributed by atoms with Gasteiger partial charge in [-0.3, -0.25) is 0 Å². The van der Waals surface area contributed by atoms with Crippen LogP contribution < -0.4 is 31.7 Å². The Balaban J connectivity index is 1.31. The number of rotatable bonds is 22. The lowest BCUT2D eigenvalue weighted by atomic mass is 10.1. The van der Waals surface area contributed by atoms with E-state index in [1.807, 2.05) is 12.1 Å². The van der Waals surface area contributed by atoms with E-state index in [-0.39, 0.29) is 84.6 Å². The van der Waals surface area contributed by atoms with Crippen molar-refractivity contribution in [1.29, 1.82) is 0 Å². The highest BCUT2D eigenvalue weighted by atomic mass is 32.2. The normalized spacial score (nSPS) is 11.7. The molecule has 0 atom stereocenters. The molecule has 0 radical (unpaired) electrons. The average molecular weight is 915 g/mol. The first kappa shape index (κ1) is 46.6. The molecule has 64 heavy (non-hydrogen) atoms. The van der Waals surface area contributed by atoms with Gasteiger partial charge >= 0.3 is 0 Å². The number of nitrogens with one attached hydrogen (secondary N) is 4. The minimum atomic E-state index is -5.15. The first-order valence-corrected chi connectivity index (χ1v) is 22.3. The van der Waals surface area contributed by atoms with E-state index in [0.29, 0.717) is 11.4 Å². The van der Waals surface area contributed by atoms with Crippen molar-refractivity contribution in [3.63, 3.8) is 0 Å². The third-order valence-corrected chi connectivity index (χ3v) is 9.92. The molecular weight excluding hydrogens is 873 g/mol. The van der Waals surface area contributed by atoms with E-state index in [1.54, 1.807) is 76.2 Å². The lowest BCUT2D eigenvalue weighted by molar-refractivity contribution is -0.0852. The number of aromatic nitrogens is 6. The Hall–Kier alpha value is -6.90. The zero-order valence-electron chi connectivity index (χ0n) is 34.7. The molecule has 336 valence electrons. The number of hydrogen-bond donors (Lipinski definition) is 4. The largest absolute Gasteiger partial charge is 0.744 e. The number of para-hydroxylation sites is 2. The first-order chi connectivity index (χ1) is 30.8. The molecule has 0 unspecified atom stereocenters. The molecule has 4 N–H and O–H groups in total. The highest BCUT2D eigenvalue weighted by molar-refractivity contribution is 7.86. The van der Waals surface area contributed by atoms with E-state index in [2.05, 4.69) is 51.2 Å². The average Bonchev–Trinajstić information content (AvgIpc) is 3.26. The smallest absolute Gasteiger partial charge is 0.284 e. The van der Waals surface area contributed by atoms with E-state index in [1.165, 1.54) is 36.4 Å². The molecule has 2 aromatic heterocycles. The molecule has 0 bridgehead atoms. The van der Waals surface area contributed by atoms with Crippen LogP contribution in [0.1, 0.15) is 38.8 Å². The first-order valence-electron chi connectivity index (χ1n) is 19.5. The van der Waals surface area contributed by atoms with Crippen molar-refractivity contribution in [1.82, 2.24) is 29.9 Å². The van der Waals surface area contributed by atoms with Gasteiger partial charge < -0.3 is 30.4 Å². The molecule has 0 aliphatic carbocycles. The summed E-state index contributed by atoms with van der Waals surface area (Å²) in [5, 5.41) is 13.9. The molecule has 6 rings (SSSR count). The molecule has 0 fully saturated rings. The summed E-state index contributed by atoms with van der Waals surface area (Å²) in [4.78, 5) is 47.0. The summed E-state index contributed by atoms with van der Waals surface area (Å²) >= 11 is 0. The Kier molecular flexibility index (Phi) is 15.6. The zero-order chi connectivity index (χ0) is 45.7. The lowest BCUT2D eigenvalue weighted by Crippen LogP contribution is -2.26. The number of benzene rings is 4. The fourth-order valence-corrected chi connectivity index (χ4v) is 6.95. The van der Waals surface area contributed by atoms with Crippen LogP contribution in [-0.2, 0) is 39.6 Å². The standard InChI is InChI=1S/C40H44N12O10S2/c1-5-59-51(60-6-2)39-47-35(41-29-15-11-9-12-16-29)45-37(49-39)43-31-23-21-27(33(25-31)63(53,54)55)19-20-28-22-24-32(26-34(28)64(56,57)58)44-38-46-36(42-30-17-13-10-14-18-30)48-40(50-38)52(61-7-3)62-8-4/h9-26H,5-8H2,1-4H3,(H,53,54,55)(H,56,57,58)(H2,41,43,45,47,49)(H2,42,44,46,48,50)/p-2/b20-19+. The molecule has 6 aromatic rings. The van der Waals surface area contributed by atoms with Crippen molar-refractivity contribution in [3.05, 3.63) is 108 Å². The highest BCUT2D eigenvalue weighted by Crippen LogP contribution is 2.29. The van der Waals surface area contributed by atoms with Crippen molar-refractivity contribution >= 4 is 90.8 Å². The van der Waals surface area contributed by atoms with Crippen molar-refractivity contribution < 1.29 is 45.3 Å². The maximum atomic E-state index is 12.6. The molecular formula is C40H42N12O10S2-2. The molecule has 24 heteroatoms. The molecule has 0 amide bonds. The summed E-state index contributed by atoms with van der Waals surface area (Å²) in [6, 6.07) is 25.6. The van der Waals surface area contributed by atoms with Gasteiger partial charge in [-0.25, -0.2) is 36.2 Å². The van der Waals surface area contributed by atoms with Crippen LogP contribution in [0, 0.1) is 0 Å². The van der Waals surface area contributed by atoms with Crippen LogP contribution in [0.15, 0.2) is 107 Å². The summed E-state index contributed by atoms with van der Waals surface area (Å²) in [5.74, 6) is -0.132. The fraction of sp³-hybridized carbons (Fsp3) is 0.200. The predicted octanol–water partition coefficient (Wildman–Crippen LogP) is 6.43. The van der Waals surface area contributed by atoms with Gasteiger partial charge in [0, 0.05) is 22.7 Å². The Morgan fingerprint density at radius 2 is 0.781 bits per heavy atom. The number of hydrogen-bond acceptors (Lipinski definition) is 22. The maximum Gasteiger partial charge on any atom is 0.284 e. The molecule has 0 aliphatic heterocycles. The van der Waals surface area contributed by atoms with Crippen LogP contribution in [-0.4, -0.2) is 82.3 Å². The second kappa shape index (κ2) is 21.5. The molecule has 22 nitrogen and oxygen atoms in total. The van der Waals surface area contributed by atoms with Gasteiger partial charge in [-0.2, -0.15) is 29.9 Å². The molecule has 0 saturated carbocycles. The number of nitrogens with zero attached hydrogens (tertiary/aromatic N) is 8. The Morgan fingerprint density at radius 3 is 1.08 bits per heavy atom. The predicted molar refractivity (Wildman–Crippen MR) is 235 cm³/mol. The Labute approximate surface area is 368 Å². The van der Waals surface area contributed by atoms with Crippen LogP contribution in [0.4, 0.5) is 58.4 Å². The van der Waals surface area contributed by atoms with Gasteiger partial charge in [0.05, 0.1) is 36.2 Å². The Bertz CT molecular complexity index is 2580. The van der Waals surface area contributed by atoms with Gasteiger partial charge in [-0.05, 0) is 87.4 Å². The number of anilines is 10. The lowest BCUT2D eigenvalue weighted by Gasteiger charge is -2.20. The van der Waals surface area contributed by atoms with Crippen molar-refractivity contribution in [2.45, 2.75) is 37.5 Å². The SMILES string of the molecule is CCON(OCC)c1nc(Nc2ccccc2)nc(Nc2ccc(/C=C/c3ccc(Nc4nc(Nc5ccccc5)nc(N(OCC)OCC)n4)cc3S(=O)(=O)[O-])c(S(=O)(=O)[O-])c2)n1. The topological polar surface area (TPSA) is 283 Å². The van der Waals surface area contributed by atoms with Gasteiger partial charge in [0.25, 0.3) is 11.9 Å². The molecule has 2 heterocycles. The highest BCUT2D eigenvalue weighted by Gasteiger charge is 2.19. The molecule has 0 spiro atoms. The second-order valence-electron chi connectivity index (χ2n) is 12.7. The van der Waals surface area contributed by atoms with Crippen LogP contribution in [0.25, 0.3) is 12.2 Å². The molecule has 0 aliphatic rings. The van der Waals surface area contributed by atoms with Crippen LogP contribution >= 0.6 is 0 Å². The third-order valence-electron chi connectivity index (χ3n) is 8.14. The van der Waals surface area contributed by atoms with E-state index in [4.69, 9.17) is 19.4 Å². The van der Waals surface area contributed by atoms with Gasteiger partial charge in [-0.1, -0.05) is 71.1 Å². The zero-order valence-corrected chi connectivity index (χ0v) is 36.3.